The number of rotatable bonds is 4. The fraction of sp³-hybridized carbons (Fsp3) is 0.227. The number of carbonyl (C=O) groups excluding carboxylic acids is 2. The van der Waals surface area contributed by atoms with Gasteiger partial charge in [-0.2, -0.15) is 0 Å². The zero-order valence-electron chi connectivity index (χ0n) is 16.6. The highest BCUT2D eigenvalue weighted by Crippen LogP contribution is 2.50. The molecule has 0 radical (unpaired) electrons. The van der Waals surface area contributed by atoms with Crippen LogP contribution in [-0.4, -0.2) is 33.7 Å². The van der Waals surface area contributed by atoms with E-state index in [1.165, 1.54) is 17.0 Å². The van der Waals surface area contributed by atoms with Crippen molar-refractivity contribution in [3.05, 3.63) is 60.3 Å². The molecule has 1 spiro atoms. The summed E-state index contributed by atoms with van der Waals surface area (Å²) in [6.07, 6.45) is -2.15. The molecule has 1 aliphatic heterocycles. The molecule has 10 heteroatoms. The van der Waals surface area contributed by atoms with Gasteiger partial charge in [0.05, 0.1) is 11.2 Å². The normalized spacial score (nSPS) is 17.5. The highest BCUT2D eigenvalue weighted by Gasteiger charge is 2.65. The zero-order chi connectivity index (χ0) is 22.7. The number of anilines is 2. The van der Waals surface area contributed by atoms with Crippen molar-refractivity contribution in [2.45, 2.75) is 31.3 Å². The minimum absolute atomic E-state index is 0.190. The van der Waals surface area contributed by atoms with E-state index in [1.807, 2.05) is 6.07 Å². The number of nitrogens with zero attached hydrogens (tertiary/aromatic N) is 3. The quantitative estimate of drug-likeness (QED) is 0.483. The maximum atomic E-state index is 13.3. The van der Waals surface area contributed by atoms with Crippen LogP contribution in [0.5, 0.6) is 5.75 Å². The van der Waals surface area contributed by atoms with E-state index in [4.69, 9.17) is 5.73 Å². The van der Waals surface area contributed by atoms with Gasteiger partial charge in [-0.25, -0.2) is 9.69 Å². The van der Waals surface area contributed by atoms with E-state index >= 15 is 0 Å². The predicted octanol–water partition coefficient (Wildman–Crippen LogP) is 4.22. The van der Waals surface area contributed by atoms with Crippen LogP contribution in [0.3, 0.4) is 0 Å². The third kappa shape index (κ3) is 3.28. The molecule has 0 atom stereocenters. The van der Waals surface area contributed by atoms with Crippen LogP contribution >= 0.6 is 0 Å². The number of halogens is 3. The predicted molar refractivity (Wildman–Crippen MR) is 110 cm³/mol. The summed E-state index contributed by atoms with van der Waals surface area (Å²) in [5, 5.41) is 0.824. The summed E-state index contributed by atoms with van der Waals surface area (Å²) >= 11 is 0. The smallest absolute Gasteiger partial charge is 0.406 e. The van der Waals surface area contributed by atoms with Gasteiger partial charge in [-0.15, -0.1) is 13.2 Å². The number of imide groups is 1. The van der Waals surface area contributed by atoms with Gasteiger partial charge in [-0.3, -0.25) is 9.78 Å². The molecule has 0 unspecified atom stereocenters. The van der Waals surface area contributed by atoms with E-state index < -0.39 is 23.7 Å². The fourth-order valence-corrected chi connectivity index (χ4v) is 4.09. The maximum Gasteiger partial charge on any atom is 0.573 e. The van der Waals surface area contributed by atoms with E-state index in [0.29, 0.717) is 24.0 Å². The molecular weight excluding hydrogens is 425 g/mol. The Bertz CT molecular complexity index is 1240. The van der Waals surface area contributed by atoms with Crippen molar-refractivity contribution in [2.75, 3.05) is 10.6 Å². The van der Waals surface area contributed by atoms with Crippen molar-refractivity contribution in [1.29, 1.82) is 0 Å². The second kappa shape index (κ2) is 6.84. The molecule has 2 aromatic carbocycles. The number of amides is 3. The molecule has 2 aliphatic rings. The Morgan fingerprint density at radius 3 is 2.44 bits per heavy atom. The summed E-state index contributed by atoms with van der Waals surface area (Å²) in [5.74, 6) is -0.810. The molecule has 1 saturated carbocycles. The van der Waals surface area contributed by atoms with E-state index in [2.05, 4.69) is 9.72 Å². The Kier molecular flexibility index (Phi) is 4.30. The summed E-state index contributed by atoms with van der Waals surface area (Å²) in [6, 6.07) is 11.3. The Morgan fingerprint density at radius 1 is 1.06 bits per heavy atom. The minimum atomic E-state index is -4.83. The highest BCUT2D eigenvalue weighted by molar-refractivity contribution is 6.24. The number of ether oxygens (including phenoxy) is 1. The molecule has 1 aromatic heterocycles. The number of alkyl halides is 3. The number of hydrogen-bond acceptors (Lipinski definition) is 5. The van der Waals surface area contributed by atoms with Crippen molar-refractivity contribution in [3.63, 3.8) is 0 Å². The van der Waals surface area contributed by atoms with Crippen LogP contribution in [0.2, 0.25) is 0 Å². The first-order valence-corrected chi connectivity index (χ1v) is 9.83. The van der Waals surface area contributed by atoms with Crippen molar-refractivity contribution in [1.82, 2.24) is 9.88 Å². The van der Waals surface area contributed by atoms with Gasteiger partial charge in [0, 0.05) is 23.8 Å². The van der Waals surface area contributed by atoms with Gasteiger partial charge in [0.2, 0.25) is 0 Å². The Balaban J connectivity index is 1.45. The minimum Gasteiger partial charge on any atom is -0.406 e. The fourth-order valence-electron chi connectivity index (χ4n) is 4.09. The van der Waals surface area contributed by atoms with E-state index in [0.717, 1.165) is 28.0 Å². The SMILES string of the molecule is Nc1ccc2c(CN3C(=O)N(c4ccc(OC(F)(F)F)cc4)C(=O)C34CC4)ccnc2c1. The molecule has 1 saturated heterocycles. The maximum absolute atomic E-state index is 13.3. The van der Waals surface area contributed by atoms with Gasteiger partial charge in [0.1, 0.15) is 11.3 Å². The van der Waals surface area contributed by atoms with E-state index in [1.54, 1.807) is 24.4 Å². The summed E-state index contributed by atoms with van der Waals surface area (Å²) in [7, 11) is 0. The van der Waals surface area contributed by atoms with Crippen molar-refractivity contribution in [3.8, 4) is 5.75 Å². The molecule has 2 heterocycles. The third-order valence-corrected chi connectivity index (χ3v) is 5.78. The number of nitrogens with two attached hydrogens (primary N) is 1. The number of aromatic nitrogens is 1. The number of urea groups is 1. The van der Waals surface area contributed by atoms with Crippen molar-refractivity contribution >= 4 is 34.2 Å². The largest absolute Gasteiger partial charge is 0.573 e. The van der Waals surface area contributed by atoms with E-state index in [9.17, 15) is 22.8 Å². The zero-order valence-corrected chi connectivity index (χ0v) is 16.6. The second-order valence-electron chi connectivity index (χ2n) is 7.83. The lowest BCUT2D eigenvalue weighted by Gasteiger charge is -2.22. The molecule has 3 aromatic rings. The van der Waals surface area contributed by atoms with Gasteiger partial charge >= 0.3 is 12.4 Å². The lowest BCUT2D eigenvalue weighted by Crippen LogP contribution is -2.36. The first-order chi connectivity index (χ1) is 15.2. The lowest BCUT2D eigenvalue weighted by molar-refractivity contribution is -0.274. The second-order valence-corrected chi connectivity index (χ2v) is 7.83. The molecule has 32 heavy (non-hydrogen) atoms. The standard InChI is InChI=1S/C22H17F3N4O3/c23-22(24,25)32-16-4-2-15(3-5-16)29-19(30)21(8-9-21)28(20(29)31)12-13-7-10-27-18-11-14(26)1-6-17(13)18/h1-7,10-11H,8-9,12,26H2. The molecule has 3 amide bonds. The average Bonchev–Trinajstić information content (AvgIpc) is 3.50. The van der Waals surface area contributed by atoms with Gasteiger partial charge in [-0.1, -0.05) is 6.07 Å². The monoisotopic (exact) mass is 442 g/mol. The molecule has 5 rings (SSSR count). The Hall–Kier alpha value is -3.82. The van der Waals surface area contributed by atoms with Crippen LogP contribution in [0.1, 0.15) is 18.4 Å². The van der Waals surface area contributed by atoms with Crippen LogP contribution in [-0.2, 0) is 11.3 Å². The number of benzene rings is 2. The molecule has 2 fully saturated rings. The van der Waals surface area contributed by atoms with Crippen LogP contribution in [0.4, 0.5) is 29.3 Å². The first-order valence-electron chi connectivity index (χ1n) is 9.83. The topological polar surface area (TPSA) is 88.8 Å². The van der Waals surface area contributed by atoms with Gasteiger partial charge in [0.25, 0.3) is 5.91 Å². The number of fused-ring (bicyclic) bond motifs is 1. The highest BCUT2D eigenvalue weighted by atomic mass is 19.4. The Morgan fingerprint density at radius 2 is 1.78 bits per heavy atom. The number of pyridine rings is 1. The lowest BCUT2D eigenvalue weighted by atomic mass is 10.1. The van der Waals surface area contributed by atoms with Gasteiger partial charge < -0.3 is 15.4 Å². The van der Waals surface area contributed by atoms with Crippen molar-refractivity contribution in [2.24, 2.45) is 0 Å². The van der Waals surface area contributed by atoms with Gasteiger partial charge in [-0.05, 0) is 60.9 Å². The number of nitrogen functional groups attached to an aromatic ring is 1. The molecule has 1 aliphatic carbocycles. The molecular formula is C22H17F3N4O3. The molecule has 2 N–H and O–H groups in total. The summed E-state index contributed by atoms with van der Waals surface area (Å²) in [6.45, 7) is 0.194. The molecule has 164 valence electrons. The number of carbonyl (C=O) groups is 2. The van der Waals surface area contributed by atoms with Crippen LogP contribution < -0.4 is 15.4 Å². The van der Waals surface area contributed by atoms with Crippen LogP contribution in [0, 0.1) is 0 Å². The third-order valence-electron chi connectivity index (χ3n) is 5.78. The Labute approximate surface area is 180 Å². The average molecular weight is 442 g/mol. The summed E-state index contributed by atoms with van der Waals surface area (Å²) in [4.78, 5) is 33.3. The summed E-state index contributed by atoms with van der Waals surface area (Å²) < 4.78 is 41.1. The van der Waals surface area contributed by atoms with Crippen LogP contribution in [0.25, 0.3) is 10.9 Å². The molecule has 7 nitrogen and oxygen atoms in total. The first kappa shape index (κ1) is 20.1. The van der Waals surface area contributed by atoms with Gasteiger partial charge in [0.15, 0.2) is 0 Å². The van der Waals surface area contributed by atoms with Crippen LogP contribution in [0.15, 0.2) is 54.7 Å². The summed E-state index contributed by atoms with van der Waals surface area (Å²) in [5.41, 5.74) is 7.16. The van der Waals surface area contributed by atoms with E-state index in [-0.39, 0.29) is 18.1 Å². The number of hydrogen-bond donors (Lipinski definition) is 1. The van der Waals surface area contributed by atoms with Crippen molar-refractivity contribution < 1.29 is 27.5 Å². The molecule has 0 bridgehead atoms.